The van der Waals surface area contributed by atoms with Crippen molar-refractivity contribution in [2.24, 2.45) is 5.92 Å². The molecule has 2 aromatic carbocycles. The van der Waals surface area contributed by atoms with Crippen LogP contribution < -0.4 is 14.4 Å². The molecule has 6 nitrogen and oxygen atoms in total. The van der Waals surface area contributed by atoms with Crippen LogP contribution in [0.3, 0.4) is 0 Å². The minimum absolute atomic E-state index is 0.0301. The first-order chi connectivity index (χ1) is 15.7. The molecule has 6 heteroatoms. The molecular weight excluding hydrogens is 404 g/mol. The molecule has 2 unspecified atom stereocenters. The Morgan fingerprint density at radius 1 is 0.938 bits per heavy atom. The van der Waals surface area contributed by atoms with Crippen LogP contribution in [0.25, 0.3) is 0 Å². The molecule has 4 aliphatic rings. The summed E-state index contributed by atoms with van der Waals surface area (Å²) in [6.07, 6.45) is 5.59. The average molecular weight is 433 g/mol. The molecule has 1 aliphatic carbocycles. The summed E-state index contributed by atoms with van der Waals surface area (Å²) in [6, 6.07) is 12.4. The van der Waals surface area contributed by atoms with Crippen LogP contribution in [0.15, 0.2) is 36.4 Å². The number of carbonyl (C=O) groups excluding carboxylic acids is 2. The highest BCUT2D eigenvalue weighted by Crippen LogP contribution is 2.40. The first-order valence-corrected chi connectivity index (χ1v) is 11.8. The van der Waals surface area contributed by atoms with E-state index in [-0.39, 0.29) is 23.8 Å². The van der Waals surface area contributed by atoms with E-state index in [1.54, 1.807) is 0 Å². The molecule has 32 heavy (non-hydrogen) atoms. The number of hydrogen-bond acceptors (Lipinski definition) is 4. The molecule has 0 N–H and O–H groups in total. The summed E-state index contributed by atoms with van der Waals surface area (Å²) in [5.41, 5.74) is 4.77. The van der Waals surface area contributed by atoms with Crippen molar-refractivity contribution >= 4 is 17.5 Å². The average Bonchev–Trinajstić information content (AvgIpc) is 3.57. The number of hydrogen-bond donors (Lipinski definition) is 0. The lowest BCUT2D eigenvalue weighted by molar-refractivity contribution is -0.136. The van der Waals surface area contributed by atoms with E-state index in [0.717, 1.165) is 55.0 Å². The lowest BCUT2D eigenvalue weighted by atomic mass is 10.0. The zero-order chi connectivity index (χ0) is 21.7. The maximum Gasteiger partial charge on any atom is 0.228 e. The van der Waals surface area contributed by atoms with Crippen molar-refractivity contribution in [2.45, 2.75) is 44.6 Å². The molecule has 3 aliphatic heterocycles. The minimum Gasteiger partial charge on any atom is -0.486 e. The van der Waals surface area contributed by atoms with Gasteiger partial charge in [0, 0.05) is 25.2 Å². The van der Waals surface area contributed by atoms with Gasteiger partial charge in [0.2, 0.25) is 11.8 Å². The Hall–Kier alpha value is -3.02. The lowest BCUT2D eigenvalue weighted by Crippen LogP contribution is -2.37. The Bertz CT molecular complexity index is 1080. The summed E-state index contributed by atoms with van der Waals surface area (Å²) in [6.45, 7) is 2.32. The molecule has 2 saturated heterocycles. The highest BCUT2D eigenvalue weighted by Gasteiger charge is 2.41. The Kier molecular flexibility index (Phi) is 4.81. The van der Waals surface area contributed by atoms with Gasteiger partial charge >= 0.3 is 0 Å². The second-order valence-corrected chi connectivity index (χ2v) is 9.30. The zero-order valence-corrected chi connectivity index (χ0v) is 18.2. The first-order valence-electron chi connectivity index (χ1n) is 11.8. The second kappa shape index (κ2) is 7.84. The third-order valence-electron chi connectivity index (χ3n) is 7.35. The number of carbonyl (C=O) groups is 2. The molecule has 2 atom stereocenters. The normalized spacial score (nSPS) is 24.2. The van der Waals surface area contributed by atoms with Crippen LogP contribution in [0.1, 0.15) is 48.4 Å². The van der Waals surface area contributed by atoms with Crippen molar-refractivity contribution in [3.8, 4) is 11.5 Å². The van der Waals surface area contributed by atoms with Gasteiger partial charge in [-0.1, -0.05) is 12.1 Å². The highest BCUT2D eigenvalue weighted by atomic mass is 16.6. The van der Waals surface area contributed by atoms with Crippen LogP contribution in [0.4, 0.5) is 5.69 Å². The maximum absolute atomic E-state index is 13.5. The third-order valence-corrected chi connectivity index (χ3v) is 7.35. The van der Waals surface area contributed by atoms with E-state index in [4.69, 9.17) is 9.47 Å². The number of ether oxygens (including phenoxy) is 2. The molecule has 166 valence electrons. The topological polar surface area (TPSA) is 59.1 Å². The SMILES string of the molecule is O=C1CC(C(=O)N2CCCC2c2ccc3c(c2)OCCO3)CN1c1ccc2c(c1)CCC2. The van der Waals surface area contributed by atoms with Crippen molar-refractivity contribution in [1.29, 1.82) is 0 Å². The lowest BCUT2D eigenvalue weighted by Gasteiger charge is -2.28. The van der Waals surface area contributed by atoms with Crippen LogP contribution in [-0.4, -0.2) is 43.0 Å². The quantitative estimate of drug-likeness (QED) is 0.743. The van der Waals surface area contributed by atoms with Gasteiger partial charge in [-0.3, -0.25) is 9.59 Å². The van der Waals surface area contributed by atoms with Crippen LogP contribution >= 0.6 is 0 Å². The number of amides is 2. The molecule has 6 rings (SSSR count). The van der Waals surface area contributed by atoms with E-state index in [1.165, 1.54) is 17.5 Å². The minimum atomic E-state index is -0.284. The van der Waals surface area contributed by atoms with Gasteiger partial charge in [0.05, 0.1) is 12.0 Å². The number of anilines is 1. The largest absolute Gasteiger partial charge is 0.486 e. The predicted octanol–water partition coefficient (Wildman–Crippen LogP) is 3.66. The highest BCUT2D eigenvalue weighted by molar-refractivity contribution is 6.00. The summed E-state index contributed by atoms with van der Waals surface area (Å²) in [4.78, 5) is 30.2. The molecule has 0 saturated carbocycles. The monoisotopic (exact) mass is 432 g/mol. The fourth-order valence-electron chi connectivity index (χ4n) is 5.73. The summed E-state index contributed by atoms with van der Waals surface area (Å²) in [7, 11) is 0. The fraction of sp³-hybridized carbons (Fsp3) is 0.462. The standard InChI is InChI=1S/C26H28N2O4/c29-25-15-20(16-28(25)21-8-6-17-3-1-4-18(17)13-21)26(30)27-10-2-5-22(27)19-7-9-23-24(14-19)32-12-11-31-23/h6-9,13-14,20,22H,1-5,10-12,15-16H2. The van der Waals surface area contributed by atoms with Gasteiger partial charge in [0.25, 0.3) is 0 Å². The molecule has 2 aromatic rings. The van der Waals surface area contributed by atoms with E-state index < -0.39 is 0 Å². The van der Waals surface area contributed by atoms with Gasteiger partial charge in [-0.15, -0.1) is 0 Å². The van der Waals surface area contributed by atoms with Crippen molar-refractivity contribution in [2.75, 3.05) is 31.2 Å². The number of aryl methyl sites for hydroxylation is 2. The molecule has 0 spiro atoms. The fourth-order valence-corrected chi connectivity index (χ4v) is 5.73. The van der Waals surface area contributed by atoms with Gasteiger partial charge in [-0.25, -0.2) is 0 Å². The van der Waals surface area contributed by atoms with Crippen molar-refractivity contribution in [3.05, 3.63) is 53.1 Å². The molecular formula is C26H28N2O4. The number of benzene rings is 2. The third kappa shape index (κ3) is 3.33. The maximum atomic E-state index is 13.5. The number of fused-ring (bicyclic) bond motifs is 2. The molecule has 2 fully saturated rings. The van der Waals surface area contributed by atoms with Crippen LogP contribution in [0.2, 0.25) is 0 Å². The van der Waals surface area contributed by atoms with Gasteiger partial charge in [0.15, 0.2) is 11.5 Å². The van der Waals surface area contributed by atoms with Crippen molar-refractivity contribution in [1.82, 2.24) is 4.90 Å². The molecule has 3 heterocycles. The summed E-state index contributed by atoms with van der Waals surface area (Å²) in [5.74, 6) is 1.39. The van der Waals surface area contributed by atoms with Gasteiger partial charge in [-0.05, 0) is 73.1 Å². The summed E-state index contributed by atoms with van der Waals surface area (Å²) in [5, 5.41) is 0. The van der Waals surface area contributed by atoms with E-state index in [9.17, 15) is 9.59 Å². The van der Waals surface area contributed by atoms with Crippen LogP contribution in [-0.2, 0) is 22.4 Å². The van der Waals surface area contributed by atoms with E-state index in [2.05, 4.69) is 12.1 Å². The smallest absolute Gasteiger partial charge is 0.228 e. The number of rotatable bonds is 3. The Labute approximate surface area is 188 Å². The Balaban J connectivity index is 1.20. The number of nitrogens with zero attached hydrogens (tertiary/aromatic N) is 2. The molecule has 0 aromatic heterocycles. The van der Waals surface area contributed by atoms with E-state index in [1.807, 2.05) is 34.1 Å². The Morgan fingerprint density at radius 2 is 1.78 bits per heavy atom. The van der Waals surface area contributed by atoms with Gasteiger partial charge in [0.1, 0.15) is 13.2 Å². The van der Waals surface area contributed by atoms with Crippen molar-refractivity contribution in [3.63, 3.8) is 0 Å². The summed E-state index contributed by atoms with van der Waals surface area (Å²) >= 11 is 0. The predicted molar refractivity (Wildman–Crippen MR) is 120 cm³/mol. The molecule has 2 amide bonds. The zero-order valence-electron chi connectivity index (χ0n) is 18.2. The molecule has 0 bridgehead atoms. The van der Waals surface area contributed by atoms with E-state index >= 15 is 0 Å². The number of likely N-dealkylation sites (tertiary alicyclic amines) is 1. The second-order valence-electron chi connectivity index (χ2n) is 9.30. The van der Waals surface area contributed by atoms with Crippen LogP contribution in [0.5, 0.6) is 11.5 Å². The van der Waals surface area contributed by atoms with Crippen molar-refractivity contribution < 1.29 is 19.1 Å². The summed E-state index contributed by atoms with van der Waals surface area (Å²) < 4.78 is 11.4. The van der Waals surface area contributed by atoms with Gasteiger partial charge in [-0.2, -0.15) is 0 Å². The first kappa shape index (κ1) is 19.6. The Morgan fingerprint density at radius 3 is 2.69 bits per heavy atom. The van der Waals surface area contributed by atoms with E-state index in [0.29, 0.717) is 26.2 Å². The van der Waals surface area contributed by atoms with Gasteiger partial charge < -0.3 is 19.3 Å². The molecule has 0 radical (unpaired) electrons. The van der Waals surface area contributed by atoms with Crippen LogP contribution in [0, 0.1) is 5.92 Å².